The van der Waals surface area contributed by atoms with E-state index in [0.717, 1.165) is 12.8 Å². The van der Waals surface area contributed by atoms with Gasteiger partial charge in [-0.25, -0.2) is 0 Å². The summed E-state index contributed by atoms with van der Waals surface area (Å²) in [7, 11) is 0. The number of carbonyl (C=O) groups is 2. The van der Waals surface area contributed by atoms with Gasteiger partial charge in [0.15, 0.2) is 0 Å². The number of Topliss-reactive ketones (excluding diaryl/α,β-unsaturated/α-hetero) is 1. The van der Waals surface area contributed by atoms with Gasteiger partial charge >= 0.3 is 5.97 Å². The summed E-state index contributed by atoms with van der Waals surface area (Å²) in [6.07, 6.45) is 21.4. The van der Waals surface area contributed by atoms with Crippen LogP contribution in [0.4, 0.5) is 0 Å². The second-order valence-electron chi connectivity index (χ2n) is 7.31. The Morgan fingerprint density at radius 2 is 1.35 bits per heavy atom. The van der Waals surface area contributed by atoms with Crippen LogP contribution in [0.2, 0.25) is 0 Å². The smallest absolute Gasteiger partial charge is 0.320 e. The maximum atomic E-state index is 11.6. The number of hydrogen-bond acceptors (Lipinski definition) is 3. The number of allylic oxidation sites excluding steroid dienone is 2. The average molecular weight is 368 g/mol. The highest BCUT2D eigenvalue weighted by atomic mass is 16.4. The summed E-state index contributed by atoms with van der Waals surface area (Å²) < 4.78 is 0. The topological polar surface area (TPSA) is 66.4 Å². The maximum Gasteiger partial charge on any atom is 0.320 e. The minimum atomic E-state index is -0.918. The van der Waals surface area contributed by atoms with E-state index in [2.05, 4.69) is 24.4 Å². The van der Waals surface area contributed by atoms with E-state index >= 15 is 0 Å². The molecule has 0 fully saturated rings. The van der Waals surface area contributed by atoms with E-state index in [9.17, 15) is 9.59 Å². The van der Waals surface area contributed by atoms with E-state index in [4.69, 9.17) is 5.11 Å². The Labute approximate surface area is 160 Å². The first-order valence-corrected chi connectivity index (χ1v) is 10.7. The molecular weight excluding hydrogens is 326 g/mol. The Morgan fingerprint density at radius 3 is 1.88 bits per heavy atom. The molecule has 0 amide bonds. The van der Waals surface area contributed by atoms with Crippen LogP contribution in [-0.2, 0) is 9.59 Å². The third-order valence-corrected chi connectivity index (χ3v) is 4.69. The molecule has 4 nitrogen and oxygen atoms in total. The summed E-state index contributed by atoms with van der Waals surface area (Å²) in [5.41, 5.74) is 0. The first kappa shape index (κ1) is 24.8. The molecule has 0 radical (unpaired) electrons. The van der Waals surface area contributed by atoms with Crippen molar-refractivity contribution < 1.29 is 14.7 Å². The van der Waals surface area contributed by atoms with Gasteiger partial charge in [-0.15, -0.1) is 0 Å². The second-order valence-corrected chi connectivity index (χ2v) is 7.31. The Balaban J connectivity index is 3.29. The van der Waals surface area contributed by atoms with Gasteiger partial charge in [0.05, 0.1) is 6.54 Å². The lowest BCUT2D eigenvalue weighted by Gasteiger charge is -2.07. The fraction of sp³-hybridized carbons (Fsp3) is 0.818. The van der Waals surface area contributed by atoms with E-state index in [1.165, 1.54) is 70.6 Å². The minimum absolute atomic E-state index is 0.107. The SMILES string of the molecule is CCCCCCCCC=CCCCCCCCC(=O)CN[C@@H](C)C(=O)O. The summed E-state index contributed by atoms with van der Waals surface area (Å²) in [6, 6.07) is -0.659. The summed E-state index contributed by atoms with van der Waals surface area (Å²) in [5, 5.41) is 11.5. The number of carboxylic acid groups (broad SMARTS) is 1. The zero-order valence-corrected chi connectivity index (χ0v) is 17.1. The van der Waals surface area contributed by atoms with E-state index in [0.29, 0.717) is 6.42 Å². The first-order valence-electron chi connectivity index (χ1n) is 10.7. The van der Waals surface area contributed by atoms with Crippen molar-refractivity contribution in [2.45, 2.75) is 110 Å². The van der Waals surface area contributed by atoms with Gasteiger partial charge in [0.1, 0.15) is 11.8 Å². The average Bonchev–Trinajstić information content (AvgIpc) is 2.62. The molecule has 0 unspecified atom stereocenters. The molecule has 0 saturated heterocycles. The largest absolute Gasteiger partial charge is 0.480 e. The van der Waals surface area contributed by atoms with Gasteiger partial charge in [-0.3, -0.25) is 14.9 Å². The normalized spacial score (nSPS) is 12.5. The van der Waals surface area contributed by atoms with E-state index in [1.54, 1.807) is 6.92 Å². The number of nitrogens with one attached hydrogen (secondary N) is 1. The molecule has 152 valence electrons. The van der Waals surface area contributed by atoms with Crippen molar-refractivity contribution in [3.8, 4) is 0 Å². The zero-order chi connectivity index (χ0) is 19.5. The summed E-state index contributed by atoms with van der Waals surface area (Å²) in [5.74, 6) is -0.811. The molecule has 0 rings (SSSR count). The van der Waals surface area contributed by atoms with Crippen molar-refractivity contribution in [3.05, 3.63) is 12.2 Å². The van der Waals surface area contributed by atoms with Crippen molar-refractivity contribution >= 4 is 11.8 Å². The highest BCUT2D eigenvalue weighted by Gasteiger charge is 2.11. The van der Waals surface area contributed by atoms with Gasteiger partial charge < -0.3 is 5.11 Å². The van der Waals surface area contributed by atoms with E-state index in [1.807, 2.05) is 0 Å². The first-order chi connectivity index (χ1) is 12.6. The molecule has 0 aliphatic rings. The van der Waals surface area contributed by atoms with Crippen LogP contribution in [0.3, 0.4) is 0 Å². The molecule has 0 saturated carbocycles. The number of ketones is 1. The minimum Gasteiger partial charge on any atom is -0.480 e. The highest BCUT2D eigenvalue weighted by molar-refractivity contribution is 5.81. The van der Waals surface area contributed by atoms with E-state index in [-0.39, 0.29) is 12.3 Å². The molecule has 26 heavy (non-hydrogen) atoms. The monoisotopic (exact) mass is 367 g/mol. The highest BCUT2D eigenvalue weighted by Crippen LogP contribution is 2.10. The number of aliphatic carboxylic acids is 1. The van der Waals surface area contributed by atoms with Crippen LogP contribution in [0.5, 0.6) is 0 Å². The van der Waals surface area contributed by atoms with Crippen LogP contribution in [-0.4, -0.2) is 29.4 Å². The lowest BCUT2D eigenvalue weighted by atomic mass is 10.1. The van der Waals surface area contributed by atoms with Crippen LogP contribution >= 0.6 is 0 Å². The molecule has 0 aromatic heterocycles. The third kappa shape index (κ3) is 17.7. The molecular formula is C22H41NO3. The van der Waals surface area contributed by atoms with Crippen LogP contribution in [0.15, 0.2) is 12.2 Å². The second kappa shape index (κ2) is 18.6. The maximum absolute atomic E-state index is 11.6. The van der Waals surface area contributed by atoms with Gasteiger partial charge in [-0.1, -0.05) is 70.4 Å². The summed E-state index contributed by atoms with van der Waals surface area (Å²) in [6.45, 7) is 3.97. The van der Waals surface area contributed by atoms with Gasteiger partial charge in [0.2, 0.25) is 0 Å². The number of rotatable bonds is 19. The zero-order valence-electron chi connectivity index (χ0n) is 17.1. The van der Waals surface area contributed by atoms with Crippen molar-refractivity contribution in [1.82, 2.24) is 5.32 Å². The van der Waals surface area contributed by atoms with Crippen LogP contribution in [0, 0.1) is 0 Å². The van der Waals surface area contributed by atoms with E-state index < -0.39 is 12.0 Å². The van der Waals surface area contributed by atoms with Crippen LogP contribution < -0.4 is 5.32 Å². The van der Waals surface area contributed by atoms with Crippen LogP contribution in [0.1, 0.15) is 104 Å². The molecule has 0 aromatic carbocycles. The van der Waals surface area contributed by atoms with Gasteiger partial charge in [-0.2, -0.15) is 0 Å². The number of unbranched alkanes of at least 4 members (excludes halogenated alkanes) is 11. The lowest BCUT2D eigenvalue weighted by Crippen LogP contribution is -2.37. The quantitative estimate of drug-likeness (QED) is 0.228. The van der Waals surface area contributed by atoms with Crippen molar-refractivity contribution in [2.75, 3.05) is 6.54 Å². The standard InChI is InChI=1S/C22H41NO3/c1-3-4-5-6-7-8-9-10-11-12-13-14-15-16-17-18-21(24)19-23-20(2)22(25)26/h10-11,20,23H,3-9,12-19H2,1-2H3,(H,25,26)/t20-/m0/s1. The Hall–Kier alpha value is -1.16. The molecule has 0 spiro atoms. The van der Waals surface area contributed by atoms with Gasteiger partial charge in [0.25, 0.3) is 0 Å². The predicted molar refractivity (Wildman–Crippen MR) is 110 cm³/mol. The Bertz CT molecular complexity index is 380. The van der Waals surface area contributed by atoms with Crippen LogP contribution in [0.25, 0.3) is 0 Å². The van der Waals surface area contributed by atoms with Gasteiger partial charge in [0, 0.05) is 6.42 Å². The fourth-order valence-corrected chi connectivity index (χ4v) is 2.84. The molecule has 0 aliphatic heterocycles. The predicted octanol–water partition coefficient (Wildman–Crippen LogP) is 5.66. The molecule has 0 heterocycles. The van der Waals surface area contributed by atoms with Gasteiger partial charge in [-0.05, 0) is 39.0 Å². The molecule has 4 heteroatoms. The molecule has 0 aromatic rings. The third-order valence-electron chi connectivity index (χ3n) is 4.69. The number of carboxylic acids is 1. The Kier molecular flexibility index (Phi) is 17.8. The number of carbonyl (C=O) groups excluding carboxylic acids is 1. The summed E-state index contributed by atoms with van der Waals surface area (Å²) in [4.78, 5) is 22.3. The molecule has 1 atom stereocenters. The summed E-state index contributed by atoms with van der Waals surface area (Å²) >= 11 is 0. The fourth-order valence-electron chi connectivity index (χ4n) is 2.84. The van der Waals surface area contributed by atoms with Crippen molar-refractivity contribution in [1.29, 1.82) is 0 Å². The number of hydrogen-bond donors (Lipinski definition) is 2. The Morgan fingerprint density at radius 1 is 0.846 bits per heavy atom. The van der Waals surface area contributed by atoms with Crippen molar-refractivity contribution in [3.63, 3.8) is 0 Å². The molecule has 0 aliphatic carbocycles. The lowest BCUT2D eigenvalue weighted by molar-refractivity contribution is -0.139. The van der Waals surface area contributed by atoms with Crippen molar-refractivity contribution in [2.24, 2.45) is 0 Å². The molecule has 0 bridgehead atoms. The molecule has 2 N–H and O–H groups in total.